The molecule has 0 radical (unpaired) electrons. The quantitative estimate of drug-likeness (QED) is 0.873. The zero-order chi connectivity index (χ0) is 13.7. The van der Waals surface area contributed by atoms with E-state index in [9.17, 15) is 4.79 Å². The Morgan fingerprint density at radius 3 is 2.58 bits per heavy atom. The van der Waals surface area contributed by atoms with Gasteiger partial charge in [0.2, 0.25) is 5.91 Å². The van der Waals surface area contributed by atoms with Crippen molar-refractivity contribution in [2.24, 2.45) is 0 Å². The molecule has 0 aliphatic heterocycles. The van der Waals surface area contributed by atoms with Gasteiger partial charge in [-0.2, -0.15) is 0 Å². The first kappa shape index (κ1) is 14.1. The second-order valence-electron chi connectivity index (χ2n) is 5.41. The van der Waals surface area contributed by atoms with Gasteiger partial charge in [0.15, 0.2) is 0 Å². The summed E-state index contributed by atoms with van der Waals surface area (Å²) in [4.78, 5) is 11.7. The lowest BCUT2D eigenvalue weighted by Crippen LogP contribution is -2.48. The first-order valence-corrected chi connectivity index (χ1v) is 7.25. The smallest absolute Gasteiger partial charge is 0.236 e. The number of amides is 1. The van der Waals surface area contributed by atoms with E-state index in [4.69, 9.17) is 0 Å². The van der Waals surface area contributed by atoms with Crippen LogP contribution >= 0.6 is 0 Å². The Labute approximate surface area is 115 Å². The summed E-state index contributed by atoms with van der Waals surface area (Å²) in [5.74, 6) is 0.597. The summed E-state index contributed by atoms with van der Waals surface area (Å²) in [5.41, 5.74) is 1.39. The van der Waals surface area contributed by atoms with E-state index < -0.39 is 0 Å². The zero-order valence-electron chi connectivity index (χ0n) is 11.9. The van der Waals surface area contributed by atoms with Crippen LogP contribution in [0.2, 0.25) is 0 Å². The molecule has 1 fully saturated rings. The van der Waals surface area contributed by atoms with Gasteiger partial charge in [0, 0.05) is 13.1 Å². The van der Waals surface area contributed by atoms with E-state index in [0.717, 1.165) is 6.42 Å². The Hall–Kier alpha value is -1.35. The zero-order valence-corrected chi connectivity index (χ0v) is 11.9. The minimum Gasteiger partial charge on any atom is -0.358 e. The van der Waals surface area contributed by atoms with Gasteiger partial charge in [0.05, 0.1) is 6.04 Å². The number of hydrogen-bond acceptors (Lipinski definition) is 2. The first-order chi connectivity index (χ1) is 9.22. The van der Waals surface area contributed by atoms with Crippen molar-refractivity contribution in [3.63, 3.8) is 0 Å². The van der Waals surface area contributed by atoms with Crippen molar-refractivity contribution in [2.75, 3.05) is 7.05 Å². The highest BCUT2D eigenvalue weighted by Gasteiger charge is 2.28. The van der Waals surface area contributed by atoms with Gasteiger partial charge in [-0.1, -0.05) is 43.2 Å². The highest BCUT2D eigenvalue weighted by molar-refractivity contribution is 5.80. The fraction of sp³-hybridized carbons (Fsp3) is 0.562. The molecule has 1 aliphatic rings. The summed E-state index contributed by atoms with van der Waals surface area (Å²) >= 11 is 0. The van der Waals surface area contributed by atoms with Crippen molar-refractivity contribution in [1.29, 1.82) is 0 Å². The molecule has 2 N–H and O–H groups in total. The van der Waals surface area contributed by atoms with Crippen LogP contribution in [0, 0.1) is 0 Å². The fourth-order valence-corrected chi connectivity index (χ4v) is 3.04. The molecule has 3 nitrogen and oxygen atoms in total. The van der Waals surface area contributed by atoms with Crippen LogP contribution in [0.15, 0.2) is 30.3 Å². The standard InChI is InChI=1S/C16H24N2O/c1-12(16(19)17-2)18-15-11-7-6-10-14(15)13-8-4-3-5-9-13/h3-5,8-9,12,14-15,18H,6-7,10-11H2,1-2H3,(H,17,19). The Balaban J connectivity index is 2.06. The van der Waals surface area contributed by atoms with Gasteiger partial charge in [-0.3, -0.25) is 4.79 Å². The summed E-state index contributed by atoms with van der Waals surface area (Å²) in [5, 5.41) is 6.21. The number of rotatable bonds is 4. The summed E-state index contributed by atoms with van der Waals surface area (Å²) in [6, 6.07) is 10.9. The Morgan fingerprint density at radius 1 is 1.21 bits per heavy atom. The molecular weight excluding hydrogens is 236 g/mol. The van der Waals surface area contributed by atoms with Crippen LogP contribution in [0.1, 0.15) is 44.1 Å². The van der Waals surface area contributed by atoms with Crippen molar-refractivity contribution in [1.82, 2.24) is 10.6 Å². The molecule has 1 aliphatic carbocycles. The van der Waals surface area contributed by atoms with Gasteiger partial charge in [-0.15, -0.1) is 0 Å². The maximum absolute atomic E-state index is 11.7. The largest absolute Gasteiger partial charge is 0.358 e. The number of carbonyl (C=O) groups is 1. The van der Waals surface area contributed by atoms with Gasteiger partial charge >= 0.3 is 0 Å². The molecule has 104 valence electrons. The topological polar surface area (TPSA) is 41.1 Å². The van der Waals surface area contributed by atoms with Gasteiger partial charge in [0.25, 0.3) is 0 Å². The second kappa shape index (κ2) is 6.71. The predicted molar refractivity (Wildman–Crippen MR) is 78.1 cm³/mol. The van der Waals surface area contributed by atoms with E-state index >= 15 is 0 Å². The van der Waals surface area contributed by atoms with Crippen LogP contribution in [-0.2, 0) is 4.79 Å². The van der Waals surface area contributed by atoms with Gasteiger partial charge in [-0.25, -0.2) is 0 Å². The summed E-state index contributed by atoms with van der Waals surface area (Å²) in [6.45, 7) is 1.94. The Kier molecular flexibility index (Phi) is 4.97. The molecule has 1 amide bonds. The molecule has 0 saturated heterocycles. The predicted octanol–water partition coefficient (Wildman–Crippen LogP) is 2.44. The van der Waals surface area contributed by atoms with E-state index in [1.165, 1.54) is 24.8 Å². The molecule has 3 atom stereocenters. The lowest BCUT2D eigenvalue weighted by Gasteiger charge is -2.34. The number of nitrogens with one attached hydrogen (secondary N) is 2. The average Bonchev–Trinajstić information content (AvgIpc) is 2.47. The third-order valence-electron chi connectivity index (χ3n) is 4.10. The average molecular weight is 260 g/mol. The molecule has 3 heteroatoms. The first-order valence-electron chi connectivity index (χ1n) is 7.25. The van der Waals surface area contributed by atoms with Crippen LogP contribution in [0.25, 0.3) is 0 Å². The lowest BCUT2D eigenvalue weighted by molar-refractivity contribution is -0.122. The van der Waals surface area contributed by atoms with Crippen LogP contribution < -0.4 is 10.6 Å². The molecule has 1 saturated carbocycles. The van der Waals surface area contributed by atoms with Crippen molar-refractivity contribution < 1.29 is 4.79 Å². The molecule has 0 spiro atoms. The summed E-state index contributed by atoms with van der Waals surface area (Å²) in [7, 11) is 1.69. The molecule has 2 rings (SSSR count). The number of likely N-dealkylation sites (N-methyl/N-ethyl adjacent to an activating group) is 1. The lowest BCUT2D eigenvalue weighted by atomic mass is 9.79. The van der Waals surface area contributed by atoms with E-state index in [1.807, 2.05) is 6.92 Å². The Morgan fingerprint density at radius 2 is 1.89 bits per heavy atom. The molecule has 0 bridgehead atoms. The maximum Gasteiger partial charge on any atom is 0.236 e. The highest BCUT2D eigenvalue weighted by atomic mass is 16.2. The monoisotopic (exact) mass is 260 g/mol. The number of carbonyl (C=O) groups excluding carboxylic acids is 1. The molecule has 0 heterocycles. The van der Waals surface area contributed by atoms with Crippen LogP contribution in [0.5, 0.6) is 0 Å². The number of hydrogen-bond donors (Lipinski definition) is 2. The molecule has 19 heavy (non-hydrogen) atoms. The van der Waals surface area contributed by atoms with Gasteiger partial charge in [0.1, 0.15) is 0 Å². The van der Waals surface area contributed by atoms with Crippen LogP contribution in [0.3, 0.4) is 0 Å². The third-order valence-corrected chi connectivity index (χ3v) is 4.10. The van der Waals surface area contributed by atoms with Gasteiger partial charge in [-0.05, 0) is 31.2 Å². The van der Waals surface area contributed by atoms with Crippen LogP contribution in [0.4, 0.5) is 0 Å². The summed E-state index contributed by atoms with van der Waals surface area (Å²) < 4.78 is 0. The molecule has 3 unspecified atom stereocenters. The van der Waals surface area contributed by atoms with E-state index in [2.05, 4.69) is 41.0 Å². The van der Waals surface area contributed by atoms with Crippen LogP contribution in [-0.4, -0.2) is 25.0 Å². The van der Waals surface area contributed by atoms with Crippen molar-refractivity contribution in [3.05, 3.63) is 35.9 Å². The molecule has 0 aromatic heterocycles. The second-order valence-corrected chi connectivity index (χ2v) is 5.41. The van der Waals surface area contributed by atoms with Crippen molar-refractivity contribution in [2.45, 2.75) is 50.6 Å². The van der Waals surface area contributed by atoms with E-state index in [-0.39, 0.29) is 11.9 Å². The van der Waals surface area contributed by atoms with Crippen molar-refractivity contribution >= 4 is 5.91 Å². The fourth-order valence-electron chi connectivity index (χ4n) is 3.04. The number of benzene rings is 1. The van der Waals surface area contributed by atoms with E-state index in [1.54, 1.807) is 7.05 Å². The van der Waals surface area contributed by atoms with Crippen molar-refractivity contribution in [3.8, 4) is 0 Å². The van der Waals surface area contributed by atoms with E-state index in [0.29, 0.717) is 12.0 Å². The highest BCUT2D eigenvalue weighted by Crippen LogP contribution is 2.33. The Bertz CT molecular complexity index is 404. The maximum atomic E-state index is 11.7. The minimum atomic E-state index is -0.126. The summed E-state index contributed by atoms with van der Waals surface area (Å²) in [6.07, 6.45) is 4.90. The molecule has 1 aromatic rings. The minimum absolute atomic E-state index is 0.0670. The molecule has 1 aromatic carbocycles. The normalized spacial score (nSPS) is 24.7. The molecular formula is C16H24N2O. The van der Waals surface area contributed by atoms with Gasteiger partial charge < -0.3 is 10.6 Å². The third kappa shape index (κ3) is 3.57. The SMILES string of the molecule is CNC(=O)C(C)NC1CCCCC1c1ccccc1.